The van der Waals surface area contributed by atoms with Crippen molar-refractivity contribution in [2.45, 2.75) is 26.5 Å². The summed E-state index contributed by atoms with van der Waals surface area (Å²) < 4.78 is 8.11. The Morgan fingerprint density at radius 2 is 1.58 bits per heavy atom. The predicted molar refractivity (Wildman–Crippen MR) is 98.4 cm³/mol. The first-order chi connectivity index (χ1) is 12.5. The van der Waals surface area contributed by atoms with Crippen molar-refractivity contribution in [1.29, 1.82) is 0 Å². The van der Waals surface area contributed by atoms with Crippen LogP contribution in [0.25, 0.3) is 5.76 Å². The van der Waals surface area contributed by atoms with Gasteiger partial charge in [0.25, 0.3) is 0 Å². The highest BCUT2D eigenvalue weighted by Gasteiger charge is 2.41. The summed E-state index contributed by atoms with van der Waals surface area (Å²) in [7, 11) is 0. The number of benzene rings is 2. The standard InChI is InChI=1S/C21H19N3O2/c1-14-18(25)20-22-15(2)23-24(20)21(3,17-12-8-5-9-13-17)26-19(14)16-10-6-4-7-11-16/h4-13H,1-3H3. The lowest BCUT2D eigenvalue weighted by Gasteiger charge is -2.32. The van der Waals surface area contributed by atoms with Gasteiger partial charge < -0.3 is 4.74 Å². The second-order valence-electron chi connectivity index (χ2n) is 6.49. The highest BCUT2D eigenvalue weighted by molar-refractivity contribution is 6.10. The van der Waals surface area contributed by atoms with Gasteiger partial charge in [0.05, 0.1) is 0 Å². The van der Waals surface area contributed by atoms with Crippen LogP contribution in [0.5, 0.6) is 0 Å². The lowest BCUT2D eigenvalue weighted by atomic mass is 10.0. The number of Topliss-reactive ketones (excluding diaryl/α,β-unsaturated/α-hetero) is 1. The molecule has 1 unspecified atom stereocenters. The lowest BCUT2D eigenvalue weighted by molar-refractivity contribution is 0.0119. The third kappa shape index (κ3) is 2.44. The van der Waals surface area contributed by atoms with Gasteiger partial charge in [-0.2, -0.15) is 9.78 Å². The number of aromatic nitrogens is 3. The van der Waals surface area contributed by atoms with Gasteiger partial charge in [-0.05, 0) is 13.8 Å². The maximum Gasteiger partial charge on any atom is 0.229 e. The largest absolute Gasteiger partial charge is 0.461 e. The van der Waals surface area contributed by atoms with E-state index in [0.29, 0.717) is 17.2 Å². The summed E-state index contributed by atoms with van der Waals surface area (Å²) in [5.41, 5.74) is 1.27. The summed E-state index contributed by atoms with van der Waals surface area (Å²) in [4.78, 5) is 17.5. The van der Waals surface area contributed by atoms with E-state index in [4.69, 9.17) is 4.74 Å². The maximum atomic E-state index is 13.1. The number of allylic oxidation sites excluding steroid dienone is 1. The van der Waals surface area contributed by atoms with Crippen molar-refractivity contribution in [1.82, 2.24) is 14.8 Å². The van der Waals surface area contributed by atoms with Crippen molar-refractivity contribution in [3.8, 4) is 0 Å². The molecule has 3 aromatic rings. The summed E-state index contributed by atoms with van der Waals surface area (Å²) in [6.07, 6.45) is 0. The molecule has 1 atom stereocenters. The average molecular weight is 345 g/mol. The van der Waals surface area contributed by atoms with E-state index in [9.17, 15) is 4.79 Å². The number of fused-ring (bicyclic) bond motifs is 1. The Bertz CT molecular complexity index is 1010. The van der Waals surface area contributed by atoms with Crippen LogP contribution in [-0.2, 0) is 10.5 Å². The molecule has 0 saturated carbocycles. The Hall–Kier alpha value is -3.21. The third-order valence-electron chi connectivity index (χ3n) is 4.65. The first kappa shape index (κ1) is 16.3. The molecule has 130 valence electrons. The zero-order valence-electron chi connectivity index (χ0n) is 14.9. The molecule has 0 bridgehead atoms. The van der Waals surface area contributed by atoms with Crippen LogP contribution in [0.3, 0.4) is 0 Å². The topological polar surface area (TPSA) is 57.0 Å². The fourth-order valence-electron chi connectivity index (χ4n) is 3.24. The number of hydrogen-bond acceptors (Lipinski definition) is 4. The number of nitrogens with zero attached hydrogens (tertiary/aromatic N) is 3. The van der Waals surface area contributed by atoms with E-state index in [1.165, 1.54) is 0 Å². The van der Waals surface area contributed by atoms with Crippen LogP contribution >= 0.6 is 0 Å². The van der Waals surface area contributed by atoms with Crippen LogP contribution in [0.15, 0.2) is 66.2 Å². The molecule has 0 aliphatic carbocycles. The van der Waals surface area contributed by atoms with Crippen molar-refractivity contribution >= 4 is 11.5 Å². The van der Waals surface area contributed by atoms with Crippen LogP contribution in [-0.4, -0.2) is 20.5 Å². The molecule has 0 saturated heterocycles. The molecule has 0 spiro atoms. The molecule has 4 rings (SSSR count). The van der Waals surface area contributed by atoms with E-state index in [-0.39, 0.29) is 11.6 Å². The lowest BCUT2D eigenvalue weighted by Crippen LogP contribution is -2.36. The summed E-state index contributed by atoms with van der Waals surface area (Å²) in [5.74, 6) is 1.20. The van der Waals surface area contributed by atoms with Crippen LogP contribution < -0.4 is 0 Å². The normalized spacial score (nSPS) is 19.7. The molecule has 26 heavy (non-hydrogen) atoms. The van der Waals surface area contributed by atoms with E-state index in [1.807, 2.05) is 67.6 Å². The SMILES string of the molecule is CC1=C(c2ccccc2)OC(C)(c2ccccc2)n2nc(C)nc2C1=O. The van der Waals surface area contributed by atoms with Crippen molar-refractivity contribution in [2.75, 3.05) is 0 Å². The monoisotopic (exact) mass is 345 g/mol. The van der Waals surface area contributed by atoms with Gasteiger partial charge in [-0.15, -0.1) is 0 Å². The van der Waals surface area contributed by atoms with Crippen molar-refractivity contribution < 1.29 is 9.53 Å². The first-order valence-electron chi connectivity index (χ1n) is 8.50. The van der Waals surface area contributed by atoms with Gasteiger partial charge in [-0.1, -0.05) is 60.7 Å². The van der Waals surface area contributed by atoms with E-state index in [1.54, 1.807) is 18.5 Å². The van der Waals surface area contributed by atoms with Crippen LogP contribution in [0, 0.1) is 6.92 Å². The highest BCUT2D eigenvalue weighted by Crippen LogP contribution is 2.38. The minimum Gasteiger partial charge on any atom is -0.461 e. The summed E-state index contributed by atoms with van der Waals surface area (Å²) in [6, 6.07) is 19.4. The predicted octanol–water partition coefficient (Wildman–Crippen LogP) is 3.95. The Morgan fingerprint density at radius 1 is 0.962 bits per heavy atom. The summed E-state index contributed by atoms with van der Waals surface area (Å²) >= 11 is 0. The van der Waals surface area contributed by atoms with Gasteiger partial charge in [0, 0.05) is 23.6 Å². The molecular weight excluding hydrogens is 326 g/mol. The first-order valence-corrected chi connectivity index (χ1v) is 8.50. The molecule has 0 N–H and O–H groups in total. The fourth-order valence-corrected chi connectivity index (χ4v) is 3.24. The van der Waals surface area contributed by atoms with E-state index in [2.05, 4.69) is 10.1 Å². The van der Waals surface area contributed by atoms with Crippen molar-refractivity contribution in [2.24, 2.45) is 0 Å². The highest BCUT2D eigenvalue weighted by atomic mass is 16.5. The van der Waals surface area contributed by atoms with Crippen LogP contribution in [0.2, 0.25) is 0 Å². The second-order valence-corrected chi connectivity index (χ2v) is 6.49. The number of ketones is 1. The molecule has 1 aromatic heterocycles. The Morgan fingerprint density at radius 3 is 2.23 bits per heavy atom. The molecule has 5 heteroatoms. The van der Waals surface area contributed by atoms with Gasteiger partial charge in [0.15, 0.2) is 0 Å². The minimum atomic E-state index is -0.990. The van der Waals surface area contributed by atoms with E-state index in [0.717, 1.165) is 11.1 Å². The van der Waals surface area contributed by atoms with Crippen molar-refractivity contribution in [3.63, 3.8) is 0 Å². The quantitative estimate of drug-likeness (QED) is 0.706. The average Bonchev–Trinajstić information content (AvgIpc) is 3.05. The Kier molecular flexibility index (Phi) is 3.72. The Balaban J connectivity index is 2.00. The third-order valence-corrected chi connectivity index (χ3v) is 4.65. The Labute approximate surface area is 152 Å². The molecular formula is C21H19N3O2. The number of ether oxygens (including phenoxy) is 1. The second kappa shape index (κ2) is 5.95. The molecule has 2 aromatic carbocycles. The van der Waals surface area contributed by atoms with E-state index < -0.39 is 5.72 Å². The molecule has 1 aliphatic rings. The zero-order chi connectivity index (χ0) is 18.3. The minimum absolute atomic E-state index is 0.177. The fraction of sp³-hybridized carbons (Fsp3) is 0.190. The summed E-state index contributed by atoms with van der Waals surface area (Å²) in [6.45, 7) is 5.46. The van der Waals surface area contributed by atoms with Gasteiger partial charge in [-0.3, -0.25) is 4.79 Å². The van der Waals surface area contributed by atoms with Crippen LogP contribution in [0.4, 0.5) is 0 Å². The van der Waals surface area contributed by atoms with Gasteiger partial charge in [0.2, 0.25) is 17.3 Å². The summed E-state index contributed by atoms with van der Waals surface area (Å²) in [5, 5.41) is 4.49. The number of aryl methyl sites for hydroxylation is 1. The smallest absolute Gasteiger partial charge is 0.229 e. The van der Waals surface area contributed by atoms with Gasteiger partial charge in [-0.25, -0.2) is 4.98 Å². The molecule has 5 nitrogen and oxygen atoms in total. The van der Waals surface area contributed by atoms with E-state index >= 15 is 0 Å². The maximum absolute atomic E-state index is 13.1. The molecule has 0 radical (unpaired) electrons. The van der Waals surface area contributed by atoms with Gasteiger partial charge in [0.1, 0.15) is 11.6 Å². The number of rotatable bonds is 2. The number of hydrogen-bond donors (Lipinski definition) is 0. The zero-order valence-corrected chi connectivity index (χ0v) is 14.9. The van der Waals surface area contributed by atoms with Crippen LogP contribution in [0.1, 0.15) is 41.4 Å². The number of carbonyl (C=O) groups excluding carboxylic acids is 1. The molecule has 0 amide bonds. The molecule has 2 heterocycles. The molecule has 1 aliphatic heterocycles. The number of carbonyl (C=O) groups is 1. The molecule has 0 fully saturated rings. The van der Waals surface area contributed by atoms with Gasteiger partial charge >= 0.3 is 0 Å². The van der Waals surface area contributed by atoms with Crippen molar-refractivity contribution in [3.05, 3.63) is 89.0 Å².